The second-order valence-electron chi connectivity index (χ2n) is 8.05. The van der Waals surface area contributed by atoms with Gasteiger partial charge in [0.15, 0.2) is 0 Å². The minimum atomic E-state index is -3.60. The largest absolute Gasteiger partial charge is 0.492 e. The molecule has 0 amide bonds. The highest BCUT2D eigenvalue weighted by Gasteiger charge is 2.16. The van der Waals surface area contributed by atoms with E-state index in [0.29, 0.717) is 18.0 Å². The third kappa shape index (κ3) is 6.70. The molecular weight excluding hydrogens is 464 g/mol. The molecule has 0 saturated heterocycles. The van der Waals surface area contributed by atoms with Gasteiger partial charge in [-0.1, -0.05) is 72.8 Å². The molecular formula is C27H28N2O3S2. The summed E-state index contributed by atoms with van der Waals surface area (Å²) >= 11 is 1.19. The fourth-order valence-electron chi connectivity index (χ4n) is 3.62. The Morgan fingerprint density at radius 2 is 1.50 bits per heavy atom. The van der Waals surface area contributed by atoms with Crippen LogP contribution in [0.15, 0.2) is 101 Å². The number of nitrogens with zero attached hydrogens (tertiary/aromatic N) is 1. The van der Waals surface area contributed by atoms with Gasteiger partial charge in [-0.25, -0.2) is 8.42 Å². The number of thiophene rings is 1. The molecule has 0 aliphatic heterocycles. The Morgan fingerprint density at radius 1 is 0.853 bits per heavy atom. The van der Waals surface area contributed by atoms with Gasteiger partial charge in [0.25, 0.3) is 10.0 Å². The van der Waals surface area contributed by atoms with E-state index in [1.165, 1.54) is 22.5 Å². The van der Waals surface area contributed by atoms with Crippen LogP contribution in [0.1, 0.15) is 16.7 Å². The first-order valence-electron chi connectivity index (χ1n) is 11.1. The number of hydrogen-bond acceptors (Lipinski definition) is 5. The predicted octanol–water partition coefficient (Wildman–Crippen LogP) is 5.94. The van der Waals surface area contributed by atoms with Crippen LogP contribution >= 0.6 is 11.3 Å². The van der Waals surface area contributed by atoms with Gasteiger partial charge in [0.2, 0.25) is 0 Å². The summed E-state index contributed by atoms with van der Waals surface area (Å²) in [7, 11) is -3.60. The number of anilines is 1. The molecule has 4 rings (SSSR count). The third-order valence-electron chi connectivity index (χ3n) is 5.36. The minimum absolute atomic E-state index is 0.285. The number of ether oxygens (including phenoxy) is 1. The average Bonchev–Trinajstić information content (AvgIpc) is 3.38. The summed E-state index contributed by atoms with van der Waals surface area (Å²) in [5, 5.41) is 1.74. The van der Waals surface area contributed by atoms with Crippen molar-refractivity contribution >= 4 is 27.0 Å². The van der Waals surface area contributed by atoms with Crippen LogP contribution in [0, 0.1) is 6.92 Å². The molecule has 0 radical (unpaired) electrons. The van der Waals surface area contributed by atoms with E-state index in [9.17, 15) is 8.42 Å². The number of nitrogens with one attached hydrogen (secondary N) is 1. The lowest BCUT2D eigenvalue weighted by atomic mass is 10.1. The Kier molecular flexibility index (Phi) is 8.00. The number of rotatable bonds is 11. The van der Waals surface area contributed by atoms with Gasteiger partial charge < -0.3 is 4.74 Å². The minimum Gasteiger partial charge on any atom is -0.492 e. The summed E-state index contributed by atoms with van der Waals surface area (Å²) in [5.41, 5.74) is 3.94. The Labute approximate surface area is 205 Å². The van der Waals surface area contributed by atoms with Crippen molar-refractivity contribution in [1.82, 2.24) is 4.90 Å². The molecule has 176 valence electrons. The molecule has 7 heteroatoms. The molecule has 0 saturated carbocycles. The number of hydrogen-bond donors (Lipinski definition) is 1. The zero-order chi connectivity index (χ0) is 23.8. The van der Waals surface area contributed by atoms with E-state index < -0.39 is 10.0 Å². The molecule has 0 spiro atoms. The van der Waals surface area contributed by atoms with Crippen molar-refractivity contribution in [2.45, 2.75) is 24.2 Å². The molecule has 0 fully saturated rings. The number of aryl methyl sites for hydroxylation is 1. The third-order valence-corrected chi connectivity index (χ3v) is 8.14. The summed E-state index contributed by atoms with van der Waals surface area (Å²) in [6, 6.07) is 29.5. The fourth-order valence-corrected chi connectivity index (χ4v) is 5.67. The Hall–Kier alpha value is -3.13. The van der Waals surface area contributed by atoms with E-state index in [-0.39, 0.29) is 4.21 Å². The summed E-state index contributed by atoms with van der Waals surface area (Å²) in [4.78, 5) is 2.35. The lowest BCUT2D eigenvalue weighted by molar-refractivity contribution is 0.196. The number of sulfonamides is 1. The van der Waals surface area contributed by atoms with Gasteiger partial charge in [-0.2, -0.15) is 0 Å². The SMILES string of the molecule is Cc1ccc(NS(=O)(=O)c2cccs2)cc1OCCN(Cc1ccccc1)Cc1ccccc1. The van der Waals surface area contributed by atoms with Crippen molar-refractivity contribution in [1.29, 1.82) is 0 Å². The molecule has 4 aromatic rings. The molecule has 0 atom stereocenters. The highest BCUT2D eigenvalue weighted by Crippen LogP contribution is 2.26. The Balaban J connectivity index is 1.41. The van der Waals surface area contributed by atoms with Gasteiger partial charge in [-0.15, -0.1) is 11.3 Å². The first-order valence-corrected chi connectivity index (χ1v) is 13.5. The standard InChI is InChI=1S/C27H28N2O3S2/c1-22-14-15-25(28-34(30,31)27-13-8-18-33-27)19-26(22)32-17-16-29(20-23-9-4-2-5-10-23)21-24-11-6-3-7-12-24/h2-15,18-19,28H,16-17,20-21H2,1H3. The van der Waals surface area contributed by atoms with Crippen molar-refractivity contribution in [2.24, 2.45) is 0 Å². The van der Waals surface area contributed by atoms with Gasteiger partial charge >= 0.3 is 0 Å². The summed E-state index contributed by atoms with van der Waals surface area (Å²) in [6.45, 7) is 4.81. The van der Waals surface area contributed by atoms with Crippen molar-refractivity contribution < 1.29 is 13.2 Å². The maximum atomic E-state index is 12.6. The summed E-state index contributed by atoms with van der Waals surface area (Å²) in [5.74, 6) is 0.672. The zero-order valence-electron chi connectivity index (χ0n) is 19.1. The second kappa shape index (κ2) is 11.3. The first kappa shape index (κ1) is 24.0. The molecule has 1 heterocycles. The van der Waals surface area contributed by atoms with E-state index in [2.05, 4.69) is 58.2 Å². The van der Waals surface area contributed by atoms with Gasteiger partial charge in [0, 0.05) is 25.7 Å². The van der Waals surface area contributed by atoms with Gasteiger partial charge in [-0.3, -0.25) is 9.62 Å². The van der Waals surface area contributed by atoms with E-state index in [0.717, 1.165) is 25.2 Å². The zero-order valence-corrected chi connectivity index (χ0v) is 20.7. The van der Waals surface area contributed by atoms with Crippen LogP contribution in [0.25, 0.3) is 0 Å². The van der Waals surface area contributed by atoms with Crippen molar-refractivity contribution in [3.63, 3.8) is 0 Å². The maximum Gasteiger partial charge on any atom is 0.271 e. The topological polar surface area (TPSA) is 58.6 Å². The summed E-state index contributed by atoms with van der Waals surface area (Å²) in [6.07, 6.45) is 0. The van der Waals surface area contributed by atoms with E-state index in [4.69, 9.17) is 4.74 Å². The Bertz CT molecular complexity index is 1230. The quantitative estimate of drug-likeness (QED) is 0.282. The van der Waals surface area contributed by atoms with Crippen LogP contribution in [0.3, 0.4) is 0 Å². The van der Waals surface area contributed by atoms with Crippen LogP contribution in [0.4, 0.5) is 5.69 Å². The molecule has 3 aromatic carbocycles. The van der Waals surface area contributed by atoms with Crippen LogP contribution in [-0.4, -0.2) is 26.5 Å². The molecule has 1 aromatic heterocycles. The Morgan fingerprint density at radius 3 is 2.09 bits per heavy atom. The average molecular weight is 493 g/mol. The lowest BCUT2D eigenvalue weighted by Gasteiger charge is -2.23. The summed E-state index contributed by atoms with van der Waals surface area (Å²) < 4.78 is 34.2. The van der Waals surface area contributed by atoms with E-state index in [1.54, 1.807) is 29.6 Å². The van der Waals surface area contributed by atoms with Crippen LogP contribution < -0.4 is 9.46 Å². The van der Waals surface area contributed by atoms with Gasteiger partial charge in [-0.05, 0) is 41.1 Å². The highest BCUT2D eigenvalue weighted by molar-refractivity contribution is 7.94. The van der Waals surface area contributed by atoms with Gasteiger partial charge in [0.05, 0.1) is 5.69 Å². The van der Waals surface area contributed by atoms with Crippen LogP contribution in [0.2, 0.25) is 0 Å². The van der Waals surface area contributed by atoms with E-state index >= 15 is 0 Å². The maximum absolute atomic E-state index is 12.6. The molecule has 0 aliphatic carbocycles. The highest BCUT2D eigenvalue weighted by atomic mass is 32.2. The fraction of sp³-hybridized carbons (Fsp3) is 0.185. The second-order valence-corrected chi connectivity index (χ2v) is 10.9. The van der Waals surface area contributed by atoms with Crippen LogP contribution in [0.5, 0.6) is 5.75 Å². The number of benzene rings is 3. The van der Waals surface area contributed by atoms with Crippen molar-refractivity contribution in [3.8, 4) is 5.75 Å². The normalized spacial score (nSPS) is 11.5. The molecule has 1 N–H and O–H groups in total. The smallest absolute Gasteiger partial charge is 0.271 e. The monoisotopic (exact) mass is 492 g/mol. The molecule has 0 bridgehead atoms. The van der Waals surface area contributed by atoms with Crippen LogP contribution in [-0.2, 0) is 23.1 Å². The molecule has 0 unspecified atom stereocenters. The van der Waals surface area contributed by atoms with E-state index in [1.807, 2.05) is 25.1 Å². The first-order chi connectivity index (χ1) is 16.5. The van der Waals surface area contributed by atoms with Gasteiger partial charge in [0.1, 0.15) is 16.6 Å². The molecule has 5 nitrogen and oxygen atoms in total. The van der Waals surface area contributed by atoms with Crippen molar-refractivity contribution in [3.05, 3.63) is 113 Å². The lowest BCUT2D eigenvalue weighted by Crippen LogP contribution is -2.28. The molecule has 34 heavy (non-hydrogen) atoms. The molecule has 0 aliphatic rings. The predicted molar refractivity (Wildman–Crippen MR) is 139 cm³/mol. The van der Waals surface area contributed by atoms with Crippen molar-refractivity contribution in [2.75, 3.05) is 17.9 Å².